The van der Waals surface area contributed by atoms with Gasteiger partial charge in [-0.2, -0.15) is 5.26 Å². The molecular formula is C11H10BrFN2O2. The second-order valence-electron chi connectivity index (χ2n) is 3.12. The molecule has 17 heavy (non-hydrogen) atoms. The molecule has 0 aliphatic heterocycles. The van der Waals surface area contributed by atoms with E-state index in [-0.39, 0.29) is 31.2 Å². The molecule has 0 saturated heterocycles. The third-order valence-electron chi connectivity index (χ3n) is 1.81. The first-order chi connectivity index (χ1) is 8.13. The van der Waals surface area contributed by atoms with Crippen molar-refractivity contribution >= 4 is 21.8 Å². The van der Waals surface area contributed by atoms with Gasteiger partial charge in [0.05, 0.1) is 12.5 Å². The summed E-state index contributed by atoms with van der Waals surface area (Å²) < 4.78 is 18.9. The van der Waals surface area contributed by atoms with E-state index in [9.17, 15) is 9.18 Å². The van der Waals surface area contributed by atoms with Crippen molar-refractivity contribution in [2.75, 3.05) is 13.2 Å². The number of ether oxygens (including phenoxy) is 1. The van der Waals surface area contributed by atoms with Crippen LogP contribution in [-0.4, -0.2) is 19.1 Å². The number of nitrogens with one attached hydrogen (secondary N) is 1. The molecule has 0 saturated carbocycles. The van der Waals surface area contributed by atoms with Crippen molar-refractivity contribution in [3.05, 3.63) is 28.5 Å². The molecule has 0 fully saturated rings. The van der Waals surface area contributed by atoms with Gasteiger partial charge in [-0.3, -0.25) is 4.79 Å². The van der Waals surface area contributed by atoms with Crippen molar-refractivity contribution in [1.29, 1.82) is 5.26 Å². The lowest BCUT2D eigenvalue weighted by Gasteiger charge is -2.07. The lowest BCUT2D eigenvalue weighted by Crippen LogP contribution is -2.29. The average molecular weight is 301 g/mol. The first kappa shape index (κ1) is 13.5. The fourth-order valence-electron chi connectivity index (χ4n) is 1.04. The largest absolute Gasteiger partial charge is 0.481 e. The Labute approximate surface area is 107 Å². The molecule has 0 heterocycles. The molecule has 0 aliphatic rings. The lowest BCUT2D eigenvalue weighted by atomic mass is 10.3. The van der Waals surface area contributed by atoms with Crippen molar-refractivity contribution in [3.8, 4) is 11.8 Å². The zero-order valence-corrected chi connectivity index (χ0v) is 10.5. The summed E-state index contributed by atoms with van der Waals surface area (Å²) in [5, 5.41) is 10.7. The molecule has 0 atom stereocenters. The van der Waals surface area contributed by atoms with Gasteiger partial charge < -0.3 is 10.1 Å². The van der Waals surface area contributed by atoms with Gasteiger partial charge in [0.1, 0.15) is 0 Å². The number of rotatable bonds is 5. The molecule has 0 spiro atoms. The Balaban J connectivity index is 2.40. The predicted molar refractivity (Wildman–Crippen MR) is 62.8 cm³/mol. The predicted octanol–water partition coefficient (Wildman–Crippen LogP) is 2.00. The lowest BCUT2D eigenvalue weighted by molar-refractivity contribution is -0.123. The maximum absolute atomic E-state index is 13.3. The van der Waals surface area contributed by atoms with Crippen molar-refractivity contribution in [1.82, 2.24) is 5.32 Å². The Bertz CT molecular complexity index is 446. The summed E-state index contributed by atoms with van der Waals surface area (Å²) in [6.45, 7) is -0.00844. The minimum absolute atomic E-state index is 0.0173. The third-order valence-corrected chi connectivity index (χ3v) is 2.30. The van der Waals surface area contributed by atoms with Gasteiger partial charge in [-0.1, -0.05) is 15.9 Å². The Morgan fingerprint density at radius 2 is 2.35 bits per heavy atom. The molecule has 1 amide bonds. The van der Waals surface area contributed by atoms with E-state index in [1.165, 1.54) is 12.1 Å². The van der Waals surface area contributed by atoms with E-state index in [0.717, 1.165) is 0 Å². The van der Waals surface area contributed by atoms with Gasteiger partial charge in [0.15, 0.2) is 18.2 Å². The first-order valence-electron chi connectivity index (χ1n) is 4.85. The standard InChI is InChI=1S/C11H10BrFN2O2/c12-8-2-3-10(9(13)6-8)17-7-11(16)15-5-1-4-14/h2-3,6H,1,5,7H2,(H,15,16). The zero-order valence-electron chi connectivity index (χ0n) is 8.87. The van der Waals surface area contributed by atoms with Crippen LogP contribution in [0.4, 0.5) is 4.39 Å². The van der Waals surface area contributed by atoms with E-state index in [1.807, 2.05) is 6.07 Å². The van der Waals surface area contributed by atoms with Crippen LogP contribution in [0.25, 0.3) is 0 Å². The Morgan fingerprint density at radius 1 is 1.59 bits per heavy atom. The topological polar surface area (TPSA) is 62.1 Å². The van der Waals surface area contributed by atoms with Crippen molar-refractivity contribution in [2.45, 2.75) is 6.42 Å². The van der Waals surface area contributed by atoms with Gasteiger partial charge in [0.25, 0.3) is 5.91 Å². The van der Waals surface area contributed by atoms with Crippen LogP contribution in [0.15, 0.2) is 22.7 Å². The molecule has 1 aromatic carbocycles. The third kappa shape index (κ3) is 4.83. The van der Waals surface area contributed by atoms with Gasteiger partial charge in [0.2, 0.25) is 0 Å². The smallest absolute Gasteiger partial charge is 0.257 e. The quantitative estimate of drug-likeness (QED) is 0.846. The summed E-state index contributed by atoms with van der Waals surface area (Å²) in [7, 11) is 0. The zero-order chi connectivity index (χ0) is 12.7. The molecule has 6 heteroatoms. The molecule has 1 aromatic rings. The average Bonchev–Trinajstić information content (AvgIpc) is 2.28. The number of nitrogens with zero attached hydrogens (tertiary/aromatic N) is 1. The molecule has 90 valence electrons. The van der Waals surface area contributed by atoms with Gasteiger partial charge >= 0.3 is 0 Å². The number of amides is 1. The van der Waals surface area contributed by atoms with Crippen molar-refractivity contribution in [2.24, 2.45) is 0 Å². The Hall–Kier alpha value is -1.61. The highest BCUT2D eigenvalue weighted by molar-refractivity contribution is 9.10. The minimum atomic E-state index is -0.538. The molecule has 4 nitrogen and oxygen atoms in total. The van der Waals surface area contributed by atoms with E-state index in [0.29, 0.717) is 4.47 Å². The molecule has 1 rings (SSSR count). The van der Waals surface area contributed by atoms with Crippen molar-refractivity contribution in [3.63, 3.8) is 0 Å². The normalized spacial score (nSPS) is 9.47. The number of carbonyl (C=O) groups is 1. The van der Waals surface area contributed by atoms with Crippen LogP contribution in [0.3, 0.4) is 0 Å². The molecule has 0 bridgehead atoms. The molecule has 1 N–H and O–H groups in total. The Kier molecular flexibility index (Phi) is 5.43. The van der Waals surface area contributed by atoms with E-state index >= 15 is 0 Å². The maximum Gasteiger partial charge on any atom is 0.257 e. The second kappa shape index (κ2) is 6.86. The number of hydrogen-bond donors (Lipinski definition) is 1. The fourth-order valence-corrected chi connectivity index (χ4v) is 1.38. The van der Waals surface area contributed by atoms with Crippen LogP contribution in [0, 0.1) is 17.1 Å². The number of halogens is 2. The van der Waals surface area contributed by atoms with E-state index in [2.05, 4.69) is 21.2 Å². The van der Waals surface area contributed by atoms with Crippen molar-refractivity contribution < 1.29 is 13.9 Å². The SMILES string of the molecule is N#CCCNC(=O)COc1ccc(Br)cc1F. The monoisotopic (exact) mass is 300 g/mol. The van der Waals surface area contributed by atoms with Crippen LogP contribution in [0.5, 0.6) is 5.75 Å². The van der Waals surface area contributed by atoms with Crippen LogP contribution in [0.1, 0.15) is 6.42 Å². The Morgan fingerprint density at radius 3 is 3.00 bits per heavy atom. The highest BCUT2D eigenvalue weighted by Gasteiger charge is 2.06. The maximum atomic E-state index is 13.3. The molecule has 0 unspecified atom stereocenters. The first-order valence-corrected chi connectivity index (χ1v) is 5.64. The minimum Gasteiger partial charge on any atom is -0.481 e. The summed E-state index contributed by atoms with van der Waals surface area (Å²) in [4.78, 5) is 11.2. The van der Waals surface area contributed by atoms with Gasteiger partial charge in [-0.05, 0) is 18.2 Å². The molecular weight excluding hydrogens is 291 g/mol. The van der Waals surface area contributed by atoms with Crippen LogP contribution in [0.2, 0.25) is 0 Å². The van der Waals surface area contributed by atoms with Gasteiger partial charge in [0, 0.05) is 11.0 Å². The van der Waals surface area contributed by atoms with E-state index in [1.54, 1.807) is 6.07 Å². The van der Waals surface area contributed by atoms with Crippen LogP contribution < -0.4 is 10.1 Å². The van der Waals surface area contributed by atoms with Crippen LogP contribution >= 0.6 is 15.9 Å². The summed E-state index contributed by atoms with van der Waals surface area (Å²) in [5.74, 6) is -0.907. The summed E-state index contributed by atoms with van der Waals surface area (Å²) >= 11 is 3.11. The highest BCUT2D eigenvalue weighted by Crippen LogP contribution is 2.21. The molecule has 0 radical (unpaired) electrons. The second-order valence-corrected chi connectivity index (χ2v) is 4.04. The van der Waals surface area contributed by atoms with E-state index < -0.39 is 5.82 Å². The van der Waals surface area contributed by atoms with E-state index in [4.69, 9.17) is 10.00 Å². The summed E-state index contributed by atoms with van der Waals surface area (Å²) in [6, 6.07) is 6.19. The van der Waals surface area contributed by atoms with Gasteiger partial charge in [-0.15, -0.1) is 0 Å². The summed E-state index contributed by atoms with van der Waals surface area (Å²) in [6.07, 6.45) is 0.235. The highest BCUT2D eigenvalue weighted by atomic mass is 79.9. The number of carbonyl (C=O) groups excluding carboxylic acids is 1. The number of benzene rings is 1. The number of hydrogen-bond acceptors (Lipinski definition) is 3. The fraction of sp³-hybridized carbons (Fsp3) is 0.273. The van der Waals surface area contributed by atoms with Gasteiger partial charge in [-0.25, -0.2) is 4.39 Å². The molecule has 0 aromatic heterocycles. The summed E-state index contributed by atoms with van der Waals surface area (Å²) in [5.41, 5.74) is 0. The van der Waals surface area contributed by atoms with Crippen LogP contribution in [-0.2, 0) is 4.79 Å². The number of nitriles is 1. The molecule has 0 aliphatic carbocycles.